The van der Waals surface area contributed by atoms with Crippen LogP contribution < -0.4 is 5.32 Å². The van der Waals surface area contributed by atoms with Gasteiger partial charge in [-0.15, -0.1) is 0 Å². The Morgan fingerprint density at radius 2 is 2.18 bits per heavy atom. The smallest absolute Gasteiger partial charge is 0.226 e. The van der Waals surface area contributed by atoms with E-state index in [1.807, 2.05) is 13.8 Å². The van der Waals surface area contributed by atoms with Crippen LogP contribution in [0, 0.1) is 0 Å². The van der Waals surface area contributed by atoms with Crippen molar-refractivity contribution in [1.29, 1.82) is 0 Å². The molecule has 0 aliphatic carbocycles. The number of rotatable bonds is 3. The summed E-state index contributed by atoms with van der Waals surface area (Å²) >= 11 is 5.82. The highest BCUT2D eigenvalue weighted by molar-refractivity contribution is 6.28. The van der Waals surface area contributed by atoms with E-state index in [0.717, 1.165) is 5.39 Å². The minimum absolute atomic E-state index is 0.130. The Balaban J connectivity index is 2.45. The van der Waals surface area contributed by atoms with Gasteiger partial charge < -0.3 is 10.4 Å². The van der Waals surface area contributed by atoms with E-state index in [2.05, 4.69) is 25.5 Å². The van der Waals surface area contributed by atoms with Crippen LogP contribution in [0.4, 0.5) is 5.82 Å². The fourth-order valence-electron chi connectivity index (χ4n) is 1.31. The molecule has 1 unspecified atom stereocenters. The zero-order chi connectivity index (χ0) is 12.6. The van der Waals surface area contributed by atoms with Crippen LogP contribution in [0.25, 0.3) is 11.0 Å². The maximum Gasteiger partial charge on any atom is 0.226 e. The van der Waals surface area contributed by atoms with E-state index in [-0.39, 0.29) is 5.28 Å². The summed E-state index contributed by atoms with van der Waals surface area (Å²) in [5.74, 6) is 0.555. The average molecular weight is 256 g/mol. The number of nitrogens with zero attached hydrogens (tertiary/aromatic N) is 3. The third-order valence-electron chi connectivity index (χ3n) is 2.77. The Kier molecular flexibility index (Phi) is 2.92. The predicted molar refractivity (Wildman–Crippen MR) is 66.1 cm³/mol. The highest BCUT2D eigenvalue weighted by atomic mass is 35.5. The minimum Gasteiger partial charge on any atom is -0.391 e. The molecule has 0 aliphatic heterocycles. The van der Waals surface area contributed by atoms with Crippen molar-refractivity contribution in [2.75, 3.05) is 5.32 Å². The second-order valence-electron chi connectivity index (χ2n) is 4.50. The van der Waals surface area contributed by atoms with Crippen molar-refractivity contribution >= 4 is 28.5 Å². The lowest BCUT2D eigenvalue weighted by molar-refractivity contribution is 0.133. The van der Waals surface area contributed by atoms with Gasteiger partial charge in [-0.2, -0.15) is 15.1 Å². The number of H-pyrrole nitrogens is 1. The van der Waals surface area contributed by atoms with Gasteiger partial charge in [-0.25, -0.2) is 0 Å². The van der Waals surface area contributed by atoms with Crippen molar-refractivity contribution < 1.29 is 5.11 Å². The first-order chi connectivity index (χ1) is 7.90. The molecule has 2 rings (SSSR count). The van der Waals surface area contributed by atoms with E-state index in [0.29, 0.717) is 11.5 Å². The lowest BCUT2D eigenvalue weighted by Crippen LogP contribution is -2.42. The number of hydrogen-bond donors (Lipinski definition) is 3. The van der Waals surface area contributed by atoms with E-state index in [4.69, 9.17) is 11.6 Å². The molecule has 0 bridgehead atoms. The molecular weight excluding hydrogens is 242 g/mol. The molecule has 0 aliphatic rings. The lowest BCUT2D eigenvalue weighted by Gasteiger charge is -2.30. The molecule has 0 saturated heterocycles. The monoisotopic (exact) mass is 255 g/mol. The normalized spacial score (nSPS) is 13.9. The van der Waals surface area contributed by atoms with Crippen LogP contribution in [0.3, 0.4) is 0 Å². The SMILES string of the molecule is CC(O)C(C)(C)Nc1nc(Cl)nc2[nH]ncc12. The van der Waals surface area contributed by atoms with Crippen LogP contribution in [-0.4, -0.2) is 36.9 Å². The van der Waals surface area contributed by atoms with Crippen molar-refractivity contribution in [2.24, 2.45) is 0 Å². The van der Waals surface area contributed by atoms with Crippen LogP contribution in [0.1, 0.15) is 20.8 Å². The zero-order valence-corrected chi connectivity index (χ0v) is 10.6. The van der Waals surface area contributed by atoms with Crippen molar-refractivity contribution in [3.63, 3.8) is 0 Å². The third-order valence-corrected chi connectivity index (χ3v) is 2.94. The Labute approximate surface area is 103 Å². The first-order valence-corrected chi connectivity index (χ1v) is 5.61. The van der Waals surface area contributed by atoms with E-state index < -0.39 is 11.6 Å². The zero-order valence-electron chi connectivity index (χ0n) is 9.82. The first kappa shape index (κ1) is 12.1. The predicted octanol–water partition coefficient (Wildman–Crippen LogP) is 1.58. The molecule has 2 aromatic heterocycles. The Bertz CT molecular complexity index is 536. The molecule has 0 amide bonds. The van der Waals surface area contributed by atoms with Crippen LogP contribution in [0.5, 0.6) is 0 Å². The number of aromatic nitrogens is 4. The van der Waals surface area contributed by atoms with E-state index in [1.165, 1.54) is 0 Å². The van der Waals surface area contributed by atoms with Crippen LogP contribution >= 0.6 is 11.6 Å². The van der Waals surface area contributed by atoms with Gasteiger partial charge in [0.2, 0.25) is 5.28 Å². The minimum atomic E-state index is -0.543. The van der Waals surface area contributed by atoms with Crippen molar-refractivity contribution in [1.82, 2.24) is 20.2 Å². The molecule has 6 nitrogen and oxygen atoms in total. The Morgan fingerprint density at radius 3 is 2.82 bits per heavy atom. The number of aliphatic hydroxyl groups excluding tert-OH is 1. The van der Waals surface area contributed by atoms with Crippen LogP contribution in [0.2, 0.25) is 5.28 Å². The second-order valence-corrected chi connectivity index (χ2v) is 4.83. The van der Waals surface area contributed by atoms with Gasteiger partial charge in [0, 0.05) is 0 Å². The van der Waals surface area contributed by atoms with Crippen molar-refractivity contribution in [3.05, 3.63) is 11.5 Å². The van der Waals surface area contributed by atoms with Crippen LogP contribution in [0.15, 0.2) is 6.20 Å². The summed E-state index contributed by atoms with van der Waals surface area (Å²) in [6.07, 6.45) is 1.07. The number of aromatic amines is 1. The summed E-state index contributed by atoms with van der Waals surface area (Å²) in [6.45, 7) is 5.46. The molecular formula is C10H14ClN5O. The molecule has 92 valence electrons. The summed E-state index contributed by atoms with van der Waals surface area (Å²) in [5.41, 5.74) is 0.0379. The Morgan fingerprint density at radius 1 is 1.47 bits per heavy atom. The molecule has 7 heteroatoms. The quantitative estimate of drug-likeness (QED) is 0.725. The number of hydrogen-bond acceptors (Lipinski definition) is 5. The molecule has 17 heavy (non-hydrogen) atoms. The van der Waals surface area contributed by atoms with Gasteiger partial charge in [0.25, 0.3) is 0 Å². The molecule has 0 spiro atoms. The average Bonchev–Trinajstić information content (AvgIpc) is 2.64. The molecule has 2 aromatic rings. The topological polar surface area (TPSA) is 86.7 Å². The summed E-state index contributed by atoms with van der Waals surface area (Å²) < 4.78 is 0. The number of nitrogens with one attached hydrogen (secondary N) is 2. The molecule has 0 aromatic carbocycles. The fourth-order valence-corrected chi connectivity index (χ4v) is 1.48. The van der Waals surface area contributed by atoms with Gasteiger partial charge >= 0.3 is 0 Å². The lowest BCUT2D eigenvalue weighted by atomic mass is 9.99. The molecule has 0 saturated carbocycles. The second kappa shape index (κ2) is 4.12. The fraction of sp³-hybridized carbons (Fsp3) is 0.500. The summed E-state index contributed by atoms with van der Waals surface area (Å²) in [6, 6.07) is 0. The number of anilines is 1. The van der Waals surface area contributed by atoms with Gasteiger partial charge in [0.1, 0.15) is 5.82 Å². The van der Waals surface area contributed by atoms with Crippen molar-refractivity contribution in [3.8, 4) is 0 Å². The molecule has 3 N–H and O–H groups in total. The van der Waals surface area contributed by atoms with Gasteiger partial charge in [0.15, 0.2) is 5.65 Å². The first-order valence-electron chi connectivity index (χ1n) is 5.23. The number of fused-ring (bicyclic) bond motifs is 1. The maximum absolute atomic E-state index is 9.67. The highest BCUT2D eigenvalue weighted by Crippen LogP contribution is 2.24. The van der Waals surface area contributed by atoms with Crippen molar-refractivity contribution in [2.45, 2.75) is 32.4 Å². The van der Waals surface area contributed by atoms with Gasteiger partial charge in [-0.3, -0.25) is 5.10 Å². The number of halogens is 1. The van der Waals surface area contributed by atoms with E-state index in [1.54, 1.807) is 13.1 Å². The summed E-state index contributed by atoms with van der Waals surface area (Å²) in [5, 5.41) is 20.3. The summed E-state index contributed by atoms with van der Waals surface area (Å²) in [7, 11) is 0. The molecule has 0 fully saturated rings. The van der Waals surface area contributed by atoms with E-state index >= 15 is 0 Å². The van der Waals surface area contributed by atoms with Crippen LogP contribution in [-0.2, 0) is 0 Å². The molecule has 0 radical (unpaired) electrons. The highest BCUT2D eigenvalue weighted by Gasteiger charge is 2.25. The summed E-state index contributed by atoms with van der Waals surface area (Å²) in [4.78, 5) is 8.12. The number of aliphatic hydroxyl groups is 1. The Hall–Kier alpha value is -1.40. The van der Waals surface area contributed by atoms with E-state index in [9.17, 15) is 5.11 Å². The molecule has 2 heterocycles. The standard InChI is InChI=1S/C10H14ClN5O/c1-5(17)10(2,3)15-7-6-4-12-16-8(6)14-9(11)13-7/h4-5,17H,1-3H3,(H2,12,13,14,15,16). The molecule has 1 atom stereocenters. The largest absolute Gasteiger partial charge is 0.391 e. The maximum atomic E-state index is 9.67. The van der Waals surface area contributed by atoms with Gasteiger partial charge in [-0.05, 0) is 32.4 Å². The van der Waals surface area contributed by atoms with Gasteiger partial charge in [0.05, 0.1) is 23.2 Å². The van der Waals surface area contributed by atoms with Gasteiger partial charge in [-0.1, -0.05) is 0 Å². The third kappa shape index (κ3) is 2.32.